The predicted octanol–water partition coefficient (Wildman–Crippen LogP) is 13.3. The van der Waals surface area contributed by atoms with Gasteiger partial charge in [-0.15, -0.1) is 0 Å². The Labute approximate surface area is 247 Å². The minimum atomic E-state index is 0.709. The van der Waals surface area contributed by atoms with Gasteiger partial charge in [0.25, 0.3) is 0 Å². The largest absolute Gasteiger partial charge is 0.202 e. The van der Waals surface area contributed by atoms with E-state index >= 15 is 0 Å². The molecule has 228 valence electrons. The number of hydrogen-bond donors (Lipinski definition) is 0. The highest BCUT2D eigenvalue weighted by molar-refractivity contribution is 4.84. The molecule has 0 atom stereocenters. The maximum absolute atomic E-state index is 2.50. The second-order valence-corrected chi connectivity index (χ2v) is 12.7. The lowest BCUT2D eigenvalue weighted by atomic mass is 9.99. The second kappa shape index (κ2) is 30.1. The molecule has 0 aliphatic heterocycles. The van der Waals surface area contributed by atoms with Gasteiger partial charge in [-0.05, 0) is 12.8 Å². The van der Waals surface area contributed by atoms with Gasteiger partial charge in [0.15, 0.2) is 18.4 Å². The average Bonchev–Trinajstić information content (AvgIpc) is 2.96. The average molecular weight is 543 g/mol. The van der Waals surface area contributed by atoms with E-state index in [0.717, 1.165) is 0 Å². The van der Waals surface area contributed by atoms with Crippen LogP contribution in [0.4, 0.5) is 0 Å². The van der Waals surface area contributed by atoms with Crippen LogP contribution in [0.3, 0.4) is 0 Å². The fraction of sp³-hybridized carbons (Fsp3) is 0.868. The van der Waals surface area contributed by atoms with Crippen molar-refractivity contribution in [1.82, 2.24) is 0 Å². The molecule has 0 saturated heterocycles. The maximum Gasteiger partial charge on any atom is 0.169 e. The molecule has 1 nitrogen and oxygen atoms in total. The second-order valence-electron chi connectivity index (χ2n) is 12.7. The van der Waals surface area contributed by atoms with Crippen molar-refractivity contribution in [2.75, 3.05) is 0 Å². The van der Waals surface area contributed by atoms with Crippen molar-refractivity contribution in [3.8, 4) is 0 Å². The van der Waals surface area contributed by atoms with Crippen molar-refractivity contribution >= 4 is 0 Å². The van der Waals surface area contributed by atoms with Crippen LogP contribution in [0.15, 0.2) is 30.6 Å². The summed E-state index contributed by atoms with van der Waals surface area (Å²) >= 11 is 0. The Kier molecular flexibility index (Phi) is 27.9. The highest BCUT2D eigenvalue weighted by atomic mass is 15.0. The lowest BCUT2D eigenvalue weighted by molar-refractivity contribution is -0.724. The third-order valence-corrected chi connectivity index (χ3v) is 8.94. The van der Waals surface area contributed by atoms with E-state index in [4.69, 9.17) is 0 Å². The number of rotatable bonds is 31. The molecular weight excluding hydrogens is 470 g/mol. The third-order valence-electron chi connectivity index (χ3n) is 8.94. The molecule has 39 heavy (non-hydrogen) atoms. The van der Waals surface area contributed by atoms with Gasteiger partial charge in [-0.1, -0.05) is 187 Å². The zero-order valence-corrected chi connectivity index (χ0v) is 27.1. The number of unbranched alkanes of at least 4 members (excludes halogenated alkanes) is 26. The molecule has 1 rings (SSSR count). The summed E-state index contributed by atoms with van der Waals surface area (Å²) in [5.74, 6) is 0. The van der Waals surface area contributed by atoms with E-state index in [1.54, 1.807) is 0 Å². The van der Waals surface area contributed by atoms with E-state index in [2.05, 4.69) is 49.0 Å². The predicted molar refractivity (Wildman–Crippen MR) is 176 cm³/mol. The van der Waals surface area contributed by atoms with Crippen LogP contribution >= 0.6 is 0 Å². The van der Waals surface area contributed by atoms with Crippen LogP contribution in [0.5, 0.6) is 0 Å². The summed E-state index contributed by atoms with van der Waals surface area (Å²) in [4.78, 5) is 0. The van der Waals surface area contributed by atoms with Crippen LogP contribution in [0, 0.1) is 0 Å². The van der Waals surface area contributed by atoms with Crippen LogP contribution in [0.2, 0.25) is 0 Å². The molecule has 0 bridgehead atoms. The summed E-state index contributed by atoms with van der Waals surface area (Å²) in [6.07, 6.45) is 47.9. The molecule has 0 aromatic carbocycles. The van der Waals surface area contributed by atoms with Gasteiger partial charge in [-0.25, -0.2) is 4.57 Å². The molecule has 0 radical (unpaired) electrons. The Balaban J connectivity index is 1.99. The first-order chi connectivity index (χ1) is 19.4. The summed E-state index contributed by atoms with van der Waals surface area (Å²) in [6.45, 7) is 4.62. The molecule has 0 amide bonds. The smallest absolute Gasteiger partial charge is 0.169 e. The van der Waals surface area contributed by atoms with Gasteiger partial charge in [0.1, 0.15) is 0 Å². The van der Waals surface area contributed by atoms with Crippen LogP contribution < -0.4 is 4.57 Å². The Hall–Kier alpha value is -0.850. The van der Waals surface area contributed by atoms with Gasteiger partial charge in [0, 0.05) is 25.0 Å². The Morgan fingerprint density at radius 1 is 0.333 bits per heavy atom. The number of nitrogens with zero attached hydrogens (tertiary/aromatic N) is 1. The van der Waals surface area contributed by atoms with E-state index in [-0.39, 0.29) is 0 Å². The molecule has 0 aliphatic rings. The van der Waals surface area contributed by atoms with E-state index in [1.807, 2.05) is 0 Å². The first-order valence-electron chi connectivity index (χ1n) is 18.3. The third kappa shape index (κ3) is 24.7. The van der Waals surface area contributed by atoms with Gasteiger partial charge >= 0.3 is 0 Å². The Morgan fingerprint density at radius 3 is 0.872 bits per heavy atom. The molecule has 1 heterocycles. The van der Waals surface area contributed by atoms with Crippen molar-refractivity contribution in [3.05, 3.63) is 30.6 Å². The van der Waals surface area contributed by atoms with Crippen LogP contribution in [0.1, 0.15) is 213 Å². The SMILES string of the molecule is CCCCCCCCCCCCCCCCC(CCCCCCCCCCCCCCCC)[n+]1ccccc1. The van der Waals surface area contributed by atoms with Crippen LogP contribution in [-0.2, 0) is 0 Å². The fourth-order valence-corrected chi connectivity index (χ4v) is 6.25. The highest BCUT2D eigenvalue weighted by Crippen LogP contribution is 2.20. The molecule has 1 heteroatoms. The lowest BCUT2D eigenvalue weighted by Crippen LogP contribution is -2.38. The summed E-state index contributed by atoms with van der Waals surface area (Å²) < 4.78 is 2.50. The van der Waals surface area contributed by atoms with Crippen molar-refractivity contribution in [3.63, 3.8) is 0 Å². The summed E-state index contributed by atoms with van der Waals surface area (Å²) in [7, 11) is 0. The van der Waals surface area contributed by atoms with Gasteiger partial charge in [0.05, 0.1) is 0 Å². The van der Waals surface area contributed by atoms with Gasteiger partial charge in [-0.2, -0.15) is 0 Å². The molecule has 0 spiro atoms. The van der Waals surface area contributed by atoms with Crippen LogP contribution in [0.25, 0.3) is 0 Å². The van der Waals surface area contributed by atoms with Crippen molar-refractivity contribution in [2.24, 2.45) is 0 Å². The zero-order chi connectivity index (χ0) is 27.9. The topological polar surface area (TPSA) is 3.88 Å². The Morgan fingerprint density at radius 2 is 0.590 bits per heavy atom. The van der Waals surface area contributed by atoms with Gasteiger partial charge < -0.3 is 0 Å². The fourth-order valence-electron chi connectivity index (χ4n) is 6.25. The molecule has 1 aromatic heterocycles. The monoisotopic (exact) mass is 543 g/mol. The molecule has 1 aromatic rings. The quantitative estimate of drug-likeness (QED) is 0.0648. The molecule has 0 unspecified atom stereocenters. The van der Waals surface area contributed by atoms with E-state index in [1.165, 1.54) is 193 Å². The van der Waals surface area contributed by atoms with E-state index in [9.17, 15) is 0 Å². The van der Waals surface area contributed by atoms with E-state index in [0.29, 0.717) is 6.04 Å². The molecule has 0 aliphatic carbocycles. The van der Waals surface area contributed by atoms with E-state index < -0.39 is 0 Å². The molecular formula is C38H72N+. The zero-order valence-electron chi connectivity index (χ0n) is 27.1. The van der Waals surface area contributed by atoms with Crippen molar-refractivity contribution < 1.29 is 4.57 Å². The van der Waals surface area contributed by atoms with Gasteiger partial charge in [0.2, 0.25) is 0 Å². The molecule has 0 N–H and O–H groups in total. The maximum atomic E-state index is 2.50. The standard InChI is InChI=1S/C38H72N/c1-3-5-7-9-11-13-15-17-19-21-23-25-27-30-34-38(39-36-32-29-33-37-39)35-31-28-26-24-22-20-18-16-14-12-10-8-6-4-2/h29,32-33,36-38H,3-28,30-31,34-35H2,1-2H3/q+1. The first kappa shape index (κ1) is 36.2. The summed E-state index contributed by atoms with van der Waals surface area (Å²) in [5, 5.41) is 0. The minimum absolute atomic E-state index is 0.709. The summed E-state index contributed by atoms with van der Waals surface area (Å²) in [6, 6.07) is 7.29. The normalized spacial score (nSPS) is 11.6. The number of aromatic nitrogens is 1. The number of pyridine rings is 1. The molecule has 0 saturated carbocycles. The summed E-state index contributed by atoms with van der Waals surface area (Å²) in [5.41, 5.74) is 0. The van der Waals surface area contributed by atoms with Gasteiger partial charge in [-0.3, -0.25) is 0 Å². The minimum Gasteiger partial charge on any atom is -0.202 e. The van der Waals surface area contributed by atoms with Crippen molar-refractivity contribution in [2.45, 2.75) is 213 Å². The lowest BCUT2D eigenvalue weighted by Gasteiger charge is -2.13. The van der Waals surface area contributed by atoms with Crippen molar-refractivity contribution in [1.29, 1.82) is 0 Å². The highest BCUT2D eigenvalue weighted by Gasteiger charge is 2.17. The number of hydrogen-bond acceptors (Lipinski definition) is 0. The first-order valence-corrected chi connectivity index (χ1v) is 18.3. The molecule has 0 fully saturated rings. The Bertz CT molecular complexity index is 535. The van der Waals surface area contributed by atoms with Crippen LogP contribution in [-0.4, -0.2) is 0 Å².